The lowest BCUT2D eigenvalue weighted by Gasteiger charge is -2.35. The highest BCUT2D eigenvalue weighted by molar-refractivity contribution is 5.71. The Balaban J connectivity index is 1.87. The normalized spacial score (nSPS) is 29.1. The second-order valence-corrected chi connectivity index (χ2v) is 4.69. The van der Waals surface area contributed by atoms with E-state index in [1.165, 1.54) is 43.5 Å². The van der Waals surface area contributed by atoms with Crippen molar-refractivity contribution in [3.63, 3.8) is 0 Å². The van der Waals surface area contributed by atoms with Crippen molar-refractivity contribution in [1.29, 1.82) is 0 Å². The van der Waals surface area contributed by atoms with Gasteiger partial charge in [-0.15, -0.1) is 0 Å². The minimum atomic E-state index is 0.641. The van der Waals surface area contributed by atoms with E-state index in [1.54, 1.807) is 0 Å². The zero-order chi connectivity index (χ0) is 10.1. The van der Waals surface area contributed by atoms with E-state index in [1.807, 2.05) is 0 Å². The number of anilines is 2. The maximum Gasteiger partial charge on any atom is 0.0578 e. The number of nitrogens with one attached hydrogen (secondary N) is 2. The number of benzene rings is 1. The van der Waals surface area contributed by atoms with E-state index < -0.39 is 0 Å². The molecular formula is C13H18N2. The molecule has 2 aliphatic rings. The summed E-state index contributed by atoms with van der Waals surface area (Å²) in [6.07, 6.45) is 6.76. The molecule has 2 atom stereocenters. The predicted octanol–water partition coefficient (Wildman–Crippen LogP) is 3.23. The summed E-state index contributed by atoms with van der Waals surface area (Å²) in [5, 5.41) is 7.35. The fraction of sp³-hybridized carbons (Fsp3) is 0.538. The summed E-state index contributed by atoms with van der Waals surface area (Å²) in [7, 11) is 0. The monoisotopic (exact) mass is 202 g/mol. The molecule has 2 heteroatoms. The van der Waals surface area contributed by atoms with Crippen molar-refractivity contribution in [3.8, 4) is 0 Å². The van der Waals surface area contributed by atoms with Crippen molar-refractivity contribution in [2.24, 2.45) is 0 Å². The molecular weight excluding hydrogens is 184 g/mol. The first-order chi connectivity index (χ1) is 7.43. The minimum Gasteiger partial charge on any atom is -0.379 e. The van der Waals surface area contributed by atoms with Crippen LogP contribution in [0.2, 0.25) is 0 Å². The van der Waals surface area contributed by atoms with Gasteiger partial charge >= 0.3 is 0 Å². The lowest BCUT2D eigenvalue weighted by atomic mass is 9.99. The van der Waals surface area contributed by atoms with E-state index in [2.05, 4.69) is 34.9 Å². The molecule has 1 aliphatic heterocycles. The summed E-state index contributed by atoms with van der Waals surface area (Å²) in [6, 6.07) is 9.83. The standard InChI is InChI=1S/C13H18N2/c1-2-6-10-11(7-3-1)15-13-9-5-4-8-12(13)14-10/h4-5,8-11,14-15H,1-3,6-7H2. The number of fused-ring (bicyclic) bond motifs is 2. The van der Waals surface area contributed by atoms with Gasteiger partial charge in [0.25, 0.3) is 0 Å². The van der Waals surface area contributed by atoms with Crippen LogP contribution in [-0.2, 0) is 0 Å². The van der Waals surface area contributed by atoms with E-state index >= 15 is 0 Å². The smallest absolute Gasteiger partial charge is 0.0578 e. The number of rotatable bonds is 0. The molecule has 1 aliphatic carbocycles. The van der Waals surface area contributed by atoms with Crippen LogP contribution in [0, 0.1) is 0 Å². The molecule has 0 amide bonds. The van der Waals surface area contributed by atoms with Gasteiger partial charge in [-0.1, -0.05) is 31.4 Å². The molecule has 3 rings (SSSR count). The third-order valence-electron chi connectivity index (χ3n) is 3.62. The Morgan fingerprint density at radius 2 is 1.33 bits per heavy atom. The number of hydrogen-bond donors (Lipinski definition) is 2. The average molecular weight is 202 g/mol. The fourth-order valence-corrected chi connectivity index (χ4v) is 2.79. The van der Waals surface area contributed by atoms with Gasteiger partial charge in [0.2, 0.25) is 0 Å². The summed E-state index contributed by atoms with van der Waals surface area (Å²) in [5.74, 6) is 0. The van der Waals surface area contributed by atoms with Gasteiger partial charge in [0, 0.05) is 12.1 Å². The van der Waals surface area contributed by atoms with Crippen LogP contribution in [0.1, 0.15) is 32.1 Å². The van der Waals surface area contributed by atoms with E-state index in [9.17, 15) is 0 Å². The van der Waals surface area contributed by atoms with E-state index in [-0.39, 0.29) is 0 Å². The van der Waals surface area contributed by atoms with Crippen LogP contribution in [0.5, 0.6) is 0 Å². The van der Waals surface area contributed by atoms with Crippen LogP contribution in [0.3, 0.4) is 0 Å². The summed E-state index contributed by atoms with van der Waals surface area (Å²) in [4.78, 5) is 0. The average Bonchev–Trinajstić information content (AvgIpc) is 2.50. The summed E-state index contributed by atoms with van der Waals surface area (Å²) in [6.45, 7) is 0. The van der Waals surface area contributed by atoms with Crippen LogP contribution in [-0.4, -0.2) is 12.1 Å². The fourth-order valence-electron chi connectivity index (χ4n) is 2.79. The highest BCUT2D eigenvalue weighted by Crippen LogP contribution is 2.33. The van der Waals surface area contributed by atoms with Crippen LogP contribution >= 0.6 is 0 Å². The van der Waals surface area contributed by atoms with Crippen molar-refractivity contribution in [3.05, 3.63) is 24.3 Å². The first kappa shape index (κ1) is 9.08. The lowest BCUT2D eigenvalue weighted by molar-refractivity contribution is 0.549. The molecule has 2 unspecified atom stereocenters. The quantitative estimate of drug-likeness (QED) is 0.675. The lowest BCUT2D eigenvalue weighted by Crippen LogP contribution is -2.42. The van der Waals surface area contributed by atoms with Gasteiger partial charge in [0.15, 0.2) is 0 Å². The van der Waals surface area contributed by atoms with Gasteiger partial charge < -0.3 is 10.6 Å². The Morgan fingerprint density at radius 3 is 1.87 bits per heavy atom. The van der Waals surface area contributed by atoms with Crippen molar-refractivity contribution in [2.75, 3.05) is 10.6 Å². The summed E-state index contributed by atoms with van der Waals surface area (Å²) >= 11 is 0. The Kier molecular flexibility index (Phi) is 2.28. The molecule has 80 valence electrons. The van der Waals surface area contributed by atoms with Gasteiger partial charge in [-0.3, -0.25) is 0 Å². The summed E-state index contributed by atoms with van der Waals surface area (Å²) in [5.41, 5.74) is 2.56. The molecule has 1 fully saturated rings. The molecule has 0 bridgehead atoms. The van der Waals surface area contributed by atoms with Crippen LogP contribution < -0.4 is 10.6 Å². The van der Waals surface area contributed by atoms with E-state index in [0.29, 0.717) is 12.1 Å². The SMILES string of the molecule is c1ccc2c(c1)NC1CCCCCC1N2. The maximum atomic E-state index is 3.68. The van der Waals surface area contributed by atoms with E-state index in [4.69, 9.17) is 0 Å². The predicted molar refractivity (Wildman–Crippen MR) is 64.3 cm³/mol. The van der Waals surface area contributed by atoms with Gasteiger partial charge in [0.05, 0.1) is 11.4 Å². The third-order valence-corrected chi connectivity index (χ3v) is 3.62. The molecule has 0 spiro atoms. The first-order valence-electron chi connectivity index (χ1n) is 6.05. The van der Waals surface area contributed by atoms with Gasteiger partial charge in [-0.05, 0) is 25.0 Å². The molecule has 1 aromatic rings. The Bertz CT molecular complexity index is 315. The molecule has 1 aromatic carbocycles. The molecule has 0 radical (unpaired) electrons. The molecule has 1 saturated carbocycles. The van der Waals surface area contributed by atoms with E-state index in [0.717, 1.165) is 0 Å². The molecule has 0 aromatic heterocycles. The Morgan fingerprint density at radius 1 is 0.800 bits per heavy atom. The van der Waals surface area contributed by atoms with Gasteiger partial charge in [-0.25, -0.2) is 0 Å². The first-order valence-corrected chi connectivity index (χ1v) is 6.05. The zero-order valence-corrected chi connectivity index (χ0v) is 9.00. The topological polar surface area (TPSA) is 24.1 Å². The number of hydrogen-bond acceptors (Lipinski definition) is 2. The van der Waals surface area contributed by atoms with Crippen molar-refractivity contribution in [2.45, 2.75) is 44.2 Å². The number of para-hydroxylation sites is 2. The maximum absolute atomic E-state index is 3.68. The minimum absolute atomic E-state index is 0.641. The van der Waals surface area contributed by atoms with Crippen LogP contribution in [0.25, 0.3) is 0 Å². The molecule has 0 saturated heterocycles. The van der Waals surface area contributed by atoms with Crippen molar-refractivity contribution < 1.29 is 0 Å². The van der Waals surface area contributed by atoms with Gasteiger partial charge in [-0.2, -0.15) is 0 Å². The van der Waals surface area contributed by atoms with Crippen LogP contribution in [0.4, 0.5) is 11.4 Å². The largest absolute Gasteiger partial charge is 0.379 e. The molecule has 15 heavy (non-hydrogen) atoms. The molecule has 2 N–H and O–H groups in total. The highest BCUT2D eigenvalue weighted by Gasteiger charge is 2.27. The summed E-state index contributed by atoms with van der Waals surface area (Å²) < 4.78 is 0. The Labute approximate surface area is 91.1 Å². The third kappa shape index (κ3) is 1.69. The highest BCUT2D eigenvalue weighted by atomic mass is 15.1. The van der Waals surface area contributed by atoms with Crippen molar-refractivity contribution >= 4 is 11.4 Å². The second kappa shape index (κ2) is 3.76. The second-order valence-electron chi connectivity index (χ2n) is 4.69. The Hall–Kier alpha value is -1.18. The zero-order valence-electron chi connectivity index (χ0n) is 9.00. The molecule has 1 heterocycles. The van der Waals surface area contributed by atoms with Crippen molar-refractivity contribution in [1.82, 2.24) is 0 Å². The molecule has 2 nitrogen and oxygen atoms in total. The van der Waals surface area contributed by atoms with Crippen LogP contribution in [0.15, 0.2) is 24.3 Å². The van der Waals surface area contributed by atoms with Gasteiger partial charge in [0.1, 0.15) is 0 Å².